The molecule has 0 spiro atoms. The van der Waals surface area contributed by atoms with Crippen molar-refractivity contribution in [2.24, 2.45) is 0 Å². The largest absolute Gasteiger partial charge is 0.507 e. The Balaban J connectivity index is 2.33. The fourth-order valence-corrected chi connectivity index (χ4v) is 3.82. The summed E-state index contributed by atoms with van der Waals surface area (Å²) in [5, 5.41) is 40.1. The lowest BCUT2D eigenvalue weighted by molar-refractivity contribution is 0.446. The fourth-order valence-electron chi connectivity index (χ4n) is 3.82. The third-order valence-corrected chi connectivity index (χ3v) is 5.29. The molecule has 0 bridgehead atoms. The van der Waals surface area contributed by atoms with Gasteiger partial charge in [0.25, 0.3) is 0 Å². The Bertz CT molecular complexity index is 1670. The van der Waals surface area contributed by atoms with Crippen LogP contribution in [0.15, 0.2) is 43.4 Å². The summed E-state index contributed by atoms with van der Waals surface area (Å²) in [5.74, 6) is -2.11. The minimum absolute atomic E-state index is 0.187. The Morgan fingerprint density at radius 1 is 0.667 bits per heavy atom. The lowest BCUT2D eigenvalue weighted by atomic mass is 9.92. The van der Waals surface area contributed by atoms with Gasteiger partial charge in [0, 0.05) is 16.7 Å². The Kier molecular flexibility index (Phi) is 3.92. The number of phenols is 4. The zero-order chi connectivity index (χ0) is 22.1. The molecule has 2 aromatic rings. The van der Waals surface area contributed by atoms with Gasteiger partial charge in [-0.2, -0.15) is 0 Å². The standard InChI is InChI=1S/C22H14O8/c1-7-5-12(25)15-13(26)6-9(21(29)18(15)19(7)27)14-8(2)20(28)16-10(23)3-4-11(24)17(16)22(14)30/h3-6,25-27,29H,1-2H3. The van der Waals surface area contributed by atoms with E-state index in [-0.39, 0.29) is 33.0 Å². The number of hydrogen-bond donors (Lipinski definition) is 4. The van der Waals surface area contributed by atoms with E-state index in [1.165, 1.54) is 19.9 Å². The second-order valence-electron chi connectivity index (χ2n) is 7.07. The van der Waals surface area contributed by atoms with Gasteiger partial charge in [-0.3, -0.25) is 19.2 Å². The molecule has 0 heterocycles. The van der Waals surface area contributed by atoms with Crippen molar-refractivity contribution in [2.75, 3.05) is 0 Å². The van der Waals surface area contributed by atoms with E-state index in [1.54, 1.807) is 0 Å². The Morgan fingerprint density at radius 3 is 1.80 bits per heavy atom. The van der Waals surface area contributed by atoms with Crippen LogP contribution in [0.2, 0.25) is 0 Å². The third kappa shape index (κ3) is 2.33. The van der Waals surface area contributed by atoms with Gasteiger partial charge in [0.05, 0.1) is 21.2 Å². The molecule has 0 amide bonds. The molecule has 0 fully saturated rings. The molecule has 0 saturated carbocycles. The second-order valence-corrected chi connectivity index (χ2v) is 7.07. The normalized spacial score (nSPS) is 11.4. The van der Waals surface area contributed by atoms with Crippen molar-refractivity contribution in [2.45, 2.75) is 13.8 Å². The van der Waals surface area contributed by atoms with Crippen LogP contribution >= 0.6 is 0 Å². The number of aryl methyl sites for hydroxylation is 1. The summed E-state index contributed by atoms with van der Waals surface area (Å²) in [5.41, 5.74) is -4.14. The molecular weight excluding hydrogens is 392 g/mol. The van der Waals surface area contributed by atoms with Gasteiger partial charge < -0.3 is 20.4 Å². The molecule has 0 aliphatic heterocycles. The number of phenolic OH excluding ortho intramolecular Hbond substituents is 4. The molecule has 2 aliphatic rings. The highest BCUT2D eigenvalue weighted by Gasteiger charge is 2.24. The summed E-state index contributed by atoms with van der Waals surface area (Å²) in [6.07, 6.45) is 0. The van der Waals surface area contributed by atoms with Crippen LogP contribution in [0.3, 0.4) is 0 Å². The first-order valence-corrected chi connectivity index (χ1v) is 8.78. The molecule has 8 heteroatoms. The maximum Gasteiger partial charge on any atom is 0.199 e. The summed E-state index contributed by atoms with van der Waals surface area (Å²) >= 11 is 0. The van der Waals surface area contributed by atoms with E-state index in [0.717, 1.165) is 18.2 Å². The first-order chi connectivity index (χ1) is 14.1. The summed E-state index contributed by atoms with van der Waals surface area (Å²) in [4.78, 5) is 50.2. The average molecular weight is 406 g/mol. The average Bonchev–Trinajstić information content (AvgIpc) is 2.68. The van der Waals surface area contributed by atoms with E-state index >= 15 is 0 Å². The molecule has 8 nitrogen and oxygen atoms in total. The quantitative estimate of drug-likeness (QED) is 0.342. The molecular formula is C22H14O8. The lowest BCUT2D eigenvalue weighted by Gasteiger charge is -2.14. The molecule has 4 N–H and O–H groups in total. The van der Waals surface area contributed by atoms with E-state index in [9.17, 15) is 39.6 Å². The molecule has 0 atom stereocenters. The van der Waals surface area contributed by atoms with Gasteiger partial charge in [0.2, 0.25) is 0 Å². The predicted molar refractivity (Wildman–Crippen MR) is 108 cm³/mol. The maximum atomic E-state index is 13.1. The molecule has 2 aromatic carbocycles. The van der Waals surface area contributed by atoms with Crippen LogP contribution in [0.5, 0.6) is 23.0 Å². The van der Waals surface area contributed by atoms with Crippen molar-refractivity contribution in [3.63, 3.8) is 0 Å². The summed E-state index contributed by atoms with van der Waals surface area (Å²) in [6.45, 7) is 2.71. The van der Waals surface area contributed by atoms with Crippen molar-refractivity contribution in [1.82, 2.24) is 0 Å². The maximum absolute atomic E-state index is 13.1. The molecule has 0 saturated heterocycles. The van der Waals surface area contributed by atoms with Gasteiger partial charge in [-0.1, -0.05) is 0 Å². The third-order valence-electron chi connectivity index (χ3n) is 5.29. The molecule has 2 aliphatic carbocycles. The Labute approximate surface area is 166 Å². The van der Waals surface area contributed by atoms with Crippen LogP contribution in [0.4, 0.5) is 0 Å². The zero-order valence-corrected chi connectivity index (χ0v) is 15.7. The van der Waals surface area contributed by atoms with Crippen LogP contribution in [-0.2, 0) is 0 Å². The van der Waals surface area contributed by atoms with Gasteiger partial charge >= 0.3 is 0 Å². The van der Waals surface area contributed by atoms with Crippen LogP contribution in [0.25, 0.3) is 21.9 Å². The van der Waals surface area contributed by atoms with E-state index in [2.05, 4.69) is 0 Å². The van der Waals surface area contributed by atoms with E-state index in [4.69, 9.17) is 0 Å². The first kappa shape index (κ1) is 19.1. The smallest absolute Gasteiger partial charge is 0.199 e. The number of fused-ring (bicyclic) bond motifs is 1. The molecule has 150 valence electrons. The minimum Gasteiger partial charge on any atom is -0.507 e. The van der Waals surface area contributed by atoms with Crippen molar-refractivity contribution in [3.8, 4) is 34.1 Å². The zero-order valence-electron chi connectivity index (χ0n) is 15.7. The highest BCUT2D eigenvalue weighted by molar-refractivity contribution is 6.06. The van der Waals surface area contributed by atoms with Crippen LogP contribution < -0.4 is 21.7 Å². The van der Waals surface area contributed by atoms with Crippen LogP contribution in [-0.4, -0.2) is 20.4 Å². The van der Waals surface area contributed by atoms with Crippen molar-refractivity contribution < 1.29 is 20.4 Å². The summed E-state index contributed by atoms with van der Waals surface area (Å²) < 4.78 is 0. The van der Waals surface area contributed by atoms with Crippen molar-refractivity contribution >= 4 is 10.8 Å². The van der Waals surface area contributed by atoms with Crippen LogP contribution in [0, 0.1) is 24.3 Å². The van der Waals surface area contributed by atoms with E-state index in [0.29, 0.717) is 0 Å². The van der Waals surface area contributed by atoms with Crippen molar-refractivity contribution in [1.29, 1.82) is 0 Å². The highest BCUT2D eigenvalue weighted by Crippen LogP contribution is 2.48. The Hall–Kier alpha value is -4.20. The van der Waals surface area contributed by atoms with E-state index < -0.39 is 55.2 Å². The fraction of sp³-hybridized carbons (Fsp3) is 0.0909. The number of aromatic hydroxyl groups is 4. The summed E-state index contributed by atoms with van der Waals surface area (Å²) in [6, 6.07) is 3.93. The lowest BCUT2D eigenvalue weighted by Crippen LogP contribution is -2.30. The number of benzene rings is 2. The number of hydrogen-bond acceptors (Lipinski definition) is 8. The first-order valence-electron chi connectivity index (χ1n) is 8.78. The number of rotatable bonds is 1. The van der Waals surface area contributed by atoms with Gasteiger partial charge in [0.1, 0.15) is 23.0 Å². The molecule has 30 heavy (non-hydrogen) atoms. The van der Waals surface area contributed by atoms with Gasteiger partial charge in [-0.25, -0.2) is 0 Å². The van der Waals surface area contributed by atoms with Gasteiger partial charge in [-0.05, 0) is 43.7 Å². The van der Waals surface area contributed by atoms with Gasteiger partial charge in [0.15, 0.2) is 21.7 Å². The van der Waals surface area contributed by atoms with Crippen molar-refractivity contribution in [3.05, 3.63) is 86.7 Å². The minimum atomic E-state index is -0.963. The molecule has 0 unspecified atom stereocenters. The SMILES string of the molecule is Cc1cc(O)c2c(O)cc(-c3c(C)c(=O)c4c(=O)ccc(=O)c=4c3=O)c(O)c2c1O. The molecule has 4 rings (SSSR count). The topological polar surface area (TPSA) is 149 Å². The highest BCUT2D eigenvalue weighted by atomic mass is 16.3. The van der Waals surface area contributed by atoms with Crippen LogP contribution in [0.1, 0.15) is 11.1 Å². The van der Waals surface area contributed by atoms with Gasteiger partial charge in [-0.15, -0.1) is 0 Å². The summed E-state index contributed by atoms with van der Waals surface area (Å²) in [7, 11) is 0. The van der Waals surface area contributed by atoms with E-state index in [1.807, 2.05) is 0 Å². The predicted octanol–water partition coefficient (Wildman–Crippen LogP) is 0.987. The molecule has 0 radical (unpaired) electrons. The monoisotopic (exact) mass is 406 g/mol. The molecule has 0 aromatic heterocycles. The Morgan fingerprint density at radius 2 is 1.20 bits per heavy atom. The second kappa shape index (κ2) is 6.15.